The Morgan fingerprint density at radius 2 is 1.81 bits per heavy atom. The Balaban J connectivity index is 1.67. The van der Waals surface area contributed by atoms with Crippen LogP contribution in [-0.4, -0.2) is 54.8 Å². The molecule has 0 aliphatic carbocycles. The largest absolute Gasteiger partial charge is 0.469 e. The molecule has 2 amide bonds. The van der Waals surface area contributed by atoms with Gasteiger partial charge >= 0.3 is 0 Å². The van der Waals surface area contributed by atoms with E-state index in [9.17, 15) is 9.59 Å². The van der Waals surface area contributed by atoms with E-state index in [-0.39, 0.29) is 18.2 Å². The molecule has 0 radical (unpaired) electrons. The lowest BCUT2D eigenvalue weighted by molar-refractivity contribution is -0.138. The van der Waals surface area contributed by atoms with E-state index < -0.39 is 6.04 Å². The van der Waals surface area contributed by atoms with E-state index in [1.54, 1.807) is 12.3 Å². The van der Waals surface area contributed by atoms with E-state index in [2.05, 4.69) is 10.2 Å². The summed E-state index contributed by atoms with van der Waals surface area (Å²) in [5.41, 5.74) is 0.808. The van der Waals surface area contributed by atoms with Crippen molar-refractivity contribution in [1.82, 2.24) is 15.1 Å². The molecule has 0 spiro atoms. The maximum Gasteiger partial charge on any atom is 0.249 e. The maximum atomic E-state index is 13.0. The third-order valence-electron chi connectivity index (χ3n) is 4.68. The summed E-state index contributed by atoms with van der Waals surface area (Å²) < 4.78 is 5.27. The van der Waals surface area contributed by atoms with Crippen molar-refractivity contribution >= 4 is 11.8 Å². The number of benzene rings is 1. The summed E-state index contributed by atoms with van der Waals surface area (Å²) in [5.74, 6) is 0.565. The van der Waals surface area contributed by atoms with Crippen LogP contribution in [0.5, 0.6) is 0 Å². The zero-order chi connectivity index (χ0) is 18.4. The number of rotatable bonds is 6. The van der Waals surface area contributed by atoms with Crippen molar-refractivity contribution in [3.05, 3.63) is 60.1 Å². The molecule has 138 valence electrons. The molecule has 0 saturated carbocycles. The van der Waals surface area contributed by atoms with Crippen LogP contribution in [0.2, 0.25) is 0 Å². The van der Waals surface area contributed by atoms with Crippen LogP contribution in [0, 0.1) is 0 Å². The number of nitrogens with zero attached hydrogens (tertiary/aromatic N) is 2. The molecule has 1 saturated heterocycles. The van der Waals surface area contributed by atoms with Gasteiger partial charge in [-0.25, -0.2) is 0 Å². The lowest BCUT2D eigenvalue weighted by atomic mass is 10.0. The summed E-state index contributed by atoms with van der Waals surface area (Å²) >= 11 is 0. The molecule has 6 nitrogen and oxygen atoms in total. The van der Waals surface area contributed by atoms with Gasteiger partial charge in [-0.05, 0) is 24.7 Å². The van der Waals surface area contributed by atoms with Gasteiger partial charge in [0.1, 0.15) is 11.8 Å². The minimum Gasteiger partial charge on any atom is -0.469 e. The Kier molecular flexibility index (Phi) is 6.07. The average Bonchev–Trinajstić information content (AvgIpc) is 3.19. The van der Waals surface area contributed by atoms with Crippen LogP contribution in [0.4, 0.5) is 0 Å². The molecule has 0 unspecified atom stereocenters. The van der Waals surface area contributed by atoms with Crippen LogP contribution < -0.4 is 5.32 Å². The first-order valence-corrected chi connectivity index (χ1v) is 8.97. The molecule has 1 aromatic carbocycles. The predicted molar refractivity (Wildman–Crippen MR) is 98.4 cm³/mol. The molecule has 1 aliphatic heterocycles. The number of carbonyl (C=O) groups excluding carboxylic acids is 2. The fraction of sp³-hybridized carbons (Fsp3) is 0.400. The normalized spacial score (nSPS) is 16.3. The Morgan fingerprint density at radius 1 is 1.08 bits per heavy atom. The van der Waals surface area contributed by atoms with Gasteiger partial charge in [-0.1, -0.05) is 30.3 Å². The lowest BCUT2D eigenvalue weighted by Gasteiger charge is -2.35. The highest BCUT2D eigenvalue weighted by molar-refractivity contribution is 5.88. The summed E-state index contributed by atoms with van der Waals surface area (Å²) in [4.78, 5) is 29.5. The zero-order valence-corrected chi connectivity index (χ0v) is 15.1. The molecule has 2 heterocycles. The SMILES string of the molecule is CN1CCN(C(=O)[C@@H](NC(=O)CCc2ccco2)c2ccccc2)CC1. The van der Waals surface area contributed by atoms with E-state index in [1.807, 2.05) is 48.3 Å². The zero-order valence-electron chi connectivity index (χ0n) is 15.1. The number of hydrogen-bond acceptors (Lipinski definition) is 4. The highest BCUT2D eigenvalue weighted by Crippen LogP contribution is 2.17. The minimum atomic E-state index is -0.649. The monoisotopic (exact) mass is 355 g/mol. The Labute approximate surface area is 153 Å². The molecule has 1 atom stereocenters. The second-order valence-corrected chi connectivity index (χ2v) is 6.62. The molecule has 0 bridgehead atoms. The van der Waals surface area contributed by atoms with Gasteiger partial charge in [-0.3, -0.25) is 9.59 Å². The first kappa shape index (κ1) is 18.2. The van der Waals surface area contributed by atoms with Crippen molar-refractivity contribution in [2.24, 2.45) is 0 Å². The lowest BCUT2D eigenvalue weighted by Crippen LogP contribution is -2.51. The number of aryl methyl sites for hydroxylation is 1. The summed E-state index contributed by atoms with van der Waals surface area (Å²) in [7, 11) is 2.05. The average molecular weight is 355 g/mol. The van der Waals surface area contributed by atoms with Crippen molar-refractivity contribution in [3.63, 3.8) is 0 Å². The molecule has 1 N–H and O–H groups in total. The van der Waals surface area contributed by atoms with Crippen molar-refractivity contribution in [1.29, 1.82) is 0 Å². The van der Waals surface area contributed by atoms with Gasteiger partial charge in [0.2, 0.25) is 11.8 Å². The molecule has 6 heteroatoms. The van der Waals surface area contributed by atoms with Gasteiger partial charge in [0.05, 0.1) is 6.26 Å². The Morgan fingerprint density at radius 3 is 2.46 bits per heavy atom. The standard InChI is InChI=1S/C20H25N3O3/c1-22-11-13-23(14-12-22)20(25)19(16-6-3-2-4-7-16)21-18(24)10-9-17-8-5-15-26-17/h2-8,15,19H,9-14H2,1H3,(H,21,24)/t19-/m0/s1. The van der Waals surface area contributed by atoms with Crippen LogP contribution in [-0.2, 0) is 16.0 Å². The molecule has 2 aromatic rings. The van der Waals surface area contributed by atoms with Gasteiger partial charge < -0.3 is 19.5 Å². The smallest absolute Gasteiger partial charge is 0.249 e. The summed E-state index contributed by atoms with van der Waals surface area (Å²) in [5, 5.41) is 2.92. The van der Waals surface area contributed by atoms with Crippen molar-refractivity contribution in [2.45, 2.75) is 18.9 Å². The fourth-order valence-corrected chi connectivity index (χ4v) is 3.07. The summed E-state index contributed by atoms with van der Waals surface area (Å²) in [6.45, 7) is 3.06. The van der Waals surface area contributed by atoms with Crippen LogP contribution in [0.1, 0.15) is 23.8 Å². The minimum absolute atomic E-state index is 0.0457. The van der Waals surface area contributed by atoms with Gasteiger partial charge in [0.25, 0.3) is 0 Å². The highest BCUT2D eigenvalue weighted by atomic mass is 16.3. The van der Waals surface area contributed by atoms with Crippen LogP contribution in [0.15, 0.2) is 53.1 Å². The molecule has 1 aromatic heterocycles. The third kappa shape index (κ3) is 4.73. The quantitative estimate of drug-likeness (QED) is 0.859. The second-order valence-electron chi connectivity index (χ2n) is 6.62. The first-order valence-electron chi connectivity index (χ1n) is 8.97. The highest BCUT2D eigenvalue weighted by Gasteiger charge is 2.29. The van der Waals surface area contributed by atoms with E-state index in [0.29, 0.717) is 19.5 Å². The summed E-state index contributed by atoms with van der Waals surface area (Å²) in [6.07, 6.45) is 2.40. The summed E-state index contributed by atoms with van der Waals surface area (Å²) in [6, 6.07) is 12.4. The van der Waals surface area contributed by atoms with Gasteiger partial charge in [0.15, 0.2) is 0 Å². The second kappa shape index (κ2) is 8.67. The molecule has 26 heavy (non-hydrogen) atoms. The number of nitrogens with one attached hydrogen (secondary N) is 1. The molecule has 1 fully saturated rings. The Bertz CT molecular complexity index is 707. The van der Waals surface area contributed by atoms with Gasteiger partial charge in [-0.15, -0.1) is 0 Å². The molecule has 3 rings (SSSR count). The number of piperazine rings is 1. The number of amides is 2. The molecular formula is C20H25N3O3. The maximum absolute atomic E-state index is 13.0. The first-order chi connectivity index (χ1) is 12.6. The van der Waals surface area contributed by atoms with Gasteiger partial charge in [-0.2, -0.15) is 0 Å². The van der Waals surface area contributed by atoms with Crippen molar-refractivity contribution in [2.75, 3.05) is 33.2 Å². The number of carbonyl (C=O) groups is 2. The molecular weight excluding hydrogens is 330 g/mol. The number of furan rings is 1. The van der Waals surface area contributed by atoms with Gasteiger partial charge in [0, 0.05) is 39.0 Å². The third-order valence-corrected chi connectivity index (χ3v) is 4.68. The number of likely N-dealkylation sites (N-methyl/N-ethyl adjacent to an activating group) is 1. The van der Waals surface area contributed by atoms with Crippen molar-refractivity contribution in [3.8, 4) is 0 Å². The molecule has 1 aliphatic rings. The number of hydrogen-bond donors (Lipinski definition) is 1. The van der Waals surface area contributed by atoms with Crippen LogP contribution in [0.3, 0.4) is 0 Å². The van der Waals surface area contributed by atoms with E-state index >= 15 is 0 Å². The van der Waals surface area contributed by atoms with E-state index in [4.69, 9.17) is 4.42 Å². The topological polar surface area (TPSA) is 65.8 Å². The predicted octanol–water partition coefficient (Wildman–Crippen LogP) is 1.84. The van der Waals surface area contributed by atoms with Crippen molar-refractivity contribution < 1.29 is 14.0 Å². The van der Waals surface area contributed by atoms with Crippen LogP contribution >= 0.6 is 0 Å². The van der Waals surface area contributed by atoms with E-state index in [1.165, 1.54) is 0 Å². The Hall–Kier alpha value is -2.60. The van der Waals surface area contributed by atoms with Crippen LogP contribution in [0.25, 0.3) is 0 Å². The van der Waals surface area contributed by atoms with E-state index in [0.717, 1.165) is 24.4 Å². The fourth-order valence-electron chi connectivity index (χ4n) is 3.07.